The van der Waals surface area contributed by atoms with Crippen LogP contribution in [-0.2, 0) is 0 Å². The summed E-state index contributed by atoms with van der Waals surface area (Å²) in [5.74, 6) is 0. The van der Waals surface area contributed by atoms with Crippen molar-refractivity contribution in [2.24, 2.45) is 0 Å². The molecule has 0 atom stereocenters. The van der Waals surface area contributed by atoms with Crippen LogP contribution in [0.5, 0.6) is 0 Å². The van der Waals surface area contributed by atoms with Gasteiger partial charge in [-0.25, -0.2) is 0 Å². The molecule has 4 rings (SSSR count). The van der Waals surface area contributed by atoms with Crippen LogP contribution in [0, 0.1) is 6.92 Å². The standard InChI is InChI=1S/C35H34N2/c1-8-14-22-34-28(12-5)27(11-4)33(19-10-3)37(34)32-24-23-30-29(18-9-2)31(13-6)36(35(30)25(32)7)26-20-16-15-17-21-26/h8-24H,1,4-6H2,2-3,7H3/b18-9-,19-10-,22-14-. The SMILES string of the molecule is C=C/C=C\c1c(C=C)c(C=C)c(/C=C\C)n1-c1ccc2c(/C=C\C)c(C=C)n(-c3ccccc3)c2c1C. The predicted octanol–water partition coefficient (Wildman–Crippen LogP) is 9.92. The van der Waals surface area contributed by atoms with Crippen LogP contribution in [0.2, 0.25) is 0 Å². The summed E-state index contributed by atoms with van der Waals surface area (Å²) in [5.41, 5.74) is 11.0. The van der Waals surface area contributed by atoms with Crippen LogP contribution >= 0.6 is 0 Å². The van der Waals surface area contributed by atoms with Crippen LogP contribution in [0.4, 0.5) is 0 Å². The smallest absolute Gasteiger partial charge is 0.0591 e. The highest BCUT2D eigenvalue weighted by Crippen LogP contribution is 2.38. The molecule has 0 fully saturated rings. The van der Waals surface area contributed by atoms with Crippen LogP contribution in [0.3, 0.4) is 0 Å². The van der Waals surface area contributed by atoms with Gasteiger partial charge in [0.1, 0.15) is 0 Å². The first-order chi connectivity index (χ1) is 18.1. The molecule has 0 N–H and O–H groups in total. The Kier molecular flexibility index (Phi) is 7.60. The largest absolute Gasteiger partial charge is 0.309 e. The second kappa shape index (κ2) is 11.0. The Hall–Kier alpha value is -4.56. The number of para-hydroxylation sites is 1. The summed E-state index contributed by atoms with van der Waals surface area (Å²) in [6.45, 7) is 22.6. The number of benzene rings is 2. The molecule has 0 unspecified atom stereocenters. The van der Waals surface area contributed by atoms with Gasteiger partial charge in [-0.15, -0.1) is 0 Å². The van der Waals surface area contributed by atoms with Gasteiger partial charge in [0.05, 0.1) is 28.3 Å². The Morgan fingerprint density at radius 2 is 1.30 bits per heavy atom. The number of rotatable bonds is 9. The minimum atomic E-state index is 1.04. The van der Waals surface area contributed by atoms with E-state index in [4.69, 9.17) is 0 Å². The predicted molar refractivity (Wildman–Crippen MR) is 166 cm³/mol. The van der Waals surface area contributed by atoms with E-state index in [9.17, 15) is 0 Å². The molecule has 0 aliphatic heterocycles. The fourth-order valence-corrected chi connectivity index (χ4v) is 5.19. The minimum Gasteiger partial charge on any atom is -0.309 e. The van der Waals surface area contributed by atoms with Crippen molar-refractivity contribution >= 4 is 47.4 Å². The lowest BCUT2D eigenvalue weighted by molar-refractivity contribution is 1.02. The van der Waals surface area contributed by atoms with Gasteiger partial charge in [0.15, 0.2) is 0 Å². The maximum absolute atomic E-state index is 4.18. The third-order valence-electron chi connectivity index (χ3n) is 6.66. The van der Waals surface area contributed by atoms with Crippen molar-refractivity contribution < 1.29 is 0 Å². The molecule has 0 aliphatic carbocycles. The maximum atomic E-state index is 4.18. The molecular weight excluding hydrogens is 448 g/mol. The summed E-state index contributed by atoms with van der Waals surface area (Å²) in [5, 5.41) is 1.19. The van der Waals surface area contributed by atoms with E-state index in [-0.39, 0.29) is 0 Å². The first kappa shape index (κ1) is 25.5. The second-order valence-electron chi connectivity index (χ2n) is 8.72. The Morgan fingerprint density at radius 3 is 1.86 bits per heavy atom. The Labute approximate surface area is 220 Å². The van der Waals surface area contributed by atoms with Crippen LogP contribution in [-0.4, -0.2) is 9.13 Å². The molecule has 37 heavy (non-hydrogen) atoms. The van der Waals surface area contributed by atoms with E-state index in [2.05, 4.69) is 116 Å². The van der Waals surface area contributed by atoms with Gasteiger partial charge >= 0.3 is 0 Å². The summed E-state index contributed by atoms with van der Waals surface area (Å²) in [6, 6.07) is 14.9. The molecule has 2 nitrogen and oxygen atoms in total. The zero-order valence-corrected chi connectivity index (χ0v) is 22.0. The average Bonchev–Trinajstić information content (AvgIpc) is 3.40. The van der Waals surface area contributed by atoms with E-state index in [0.29, 0.717) is 0 Å². The molecule has 0 radical (unpaired) electrons. The van der Waals surface area contributed by atoms with Crippen LogP contribution in [0.1, 0.15) is 53.2 Å². The second-order valence-corrected chi connectivity index (χ2v) is 8.72. The lowest BCUT2D eigenvalue weighted by Crippen LogP contribution is -2.05. The van der Waals surface area contributed by atoms with Crippen molar-refractivity contribution in [3.8, 4) is 11.4 Å². The Bertz CT molecular complexity index is 1590. The molecule has 2 heteroatoms. The van der Waals surface area contributed by atoms with E-state index < -0.39 is 0 Å². The maximum Gasteiger partial charge on any atom is 0.0591 e. The molecule has 0 aliphatic rings. The molecule has 184 valence electrons. The van der Waals surface area contributed by atoms with Gasteiger partial charge in [0, 0.05) is 27.8 Å². The normalized spacial score (nSPS) is 11.8. The first-order valence-corrected chi connectivity index (χ1v) is 12.5. The number of fused-ring (bicyclic) bond motifs is 1. The van der Waals surface area contributed by atoms with Crippen molar-refractivity contribution in [1.29, 1.82) is 0 Å². The monoisotopic (exact) mass is 482 g/mol. The molecule has 2 heterocycles. The van der Waals surface area contributed by atoms with Crippen LogP contribution in [0.15, 0.2) is 93.1 Å². The van der Waals surface area contributed by atoms with Gasteiger partial charge in [-0.3, -0.25) is 0 Å². The van der Waals surface area contributed by atoms with Crippen LogP contribution < -0.4 is 0 Å². The molecule has 0 spiro atoms. The first-order valence-electron chi connectivity index (χ1n) is 12.5. The number of aromatic nitrogens is 2. The fraction of sp³-hybridized carbons (Fsp3) is 0.0857. The van der Waals surface area contributed by atoms with Crippen molar-refractivity contribution in [2.75, 3.05) is 0 Å². The van der Waals surface area contributed by atoms with Crippen LogP contribution in [0.25, 0.3) is 58.7 Å². The van der Waals surface area contributed by atoms with Crippen molar-refractivity contribution in [2.45, 2.75) is 20.8 Å². The molecule has 0 bridgehead atoms. The van der Waals surface area contributed by atoms with Gasteiger partial charge in [0.25, 0.3) is 0 Å². The highest BCUT2D eigenvalue weighted by atomic mass is 15.0. The van der Waals surface area contributed by atoms with Crippen molar-refractivity contribution in [3.63, 3.8) is 0 Å². The van der Waals surface area contributed by atoms with E-state index in [0.717, 1.165) is 50.7 Å². The fourth-order valence-electron chi connectivity index (χ4n) is 5.19. The highest BCUT2D eigenvalue weighted by molar-refractivity contribution is 5.99. The van der Waals surface area contributed by atoms with Gasteiger partial charge in [-0.1, -0.05) is 93.1 Å². The molecule has 0 saturated carbocycles. The van der Waals surface area contributed by atoms with Crippen molar-refractivity contribution in [3.05, 3.63) is 132 Å². The topological polar surface area (TPSA) is 9.86 Å². The molecule has 0 saturated heterocycles. The lowest BCUT2D eigenvalue weighted by Gasteiger charge is -2.17. The van der Waals surface area contributed by atoms with Gasteiger partial charge in [0.2, 0.25) is 0 Å². The lowest BCUT2D eigenvalue weighted by atomic mass is 10.1. The average molecular weight is 483 g/mol. The third-order valence-corrected chi connectivity index (χ3v) is 6.66. The number of allylic oxidation sites excluding steroid dienone is 4. The molecular formula is C35H34N2. The van der Waals surface area contributed by atoms with E-state index in [1.54, 1.807) is 6.08 Å². The Balaban J connectivity index is 2.23. The molecule has 4 aromatic rings. The molecule has 2 aromatic carbocycles. The number of hydrogen-bond acceptors (Lipinski definition) is 0. The van der Waals surface area contributed by atoms with Crippen molar-refractivity contribution in [1.82, 2.24) is 9.13 Å². The van der Waals surface area contributed by atoms with Gasteiger partial charge in [-0.2, -0.15) is 0 Å². The summed E-state index contributed by atoms with van der Waals surface area (Å²) in [4.78, 5) is 0. The number of aryl methyl sites for hydroxylation is 1. The number of nitrogens with zero attached hydrogens (tertiary/aromatic N) is 2. The van der Waals surface area contributed by atoms with Gasteiger partial charge < -0.3 is 9.13 Å². The summed E-state index contributed by atoms with van der Waals surface area (Å²) >= 11 is 0. The highest BCUT2D eigenvalue weighted by Gasteiger charge is 2.23. The zero-order chi connectivity index (χ0) is 26.5. The quantitative estimate of drug-likeness (QED) is 0.210. The summed E-state index contributed by atoms with van der Waals surface area (Å²) in [7, 11) is 0. The molecule has 0 amide bonds. The number of hydrogen-bond donors (Lipinski definition) is 0. The third kappa shape index (κ3) is 4.21. The molecule has 2 aromatic heterocycles. The minimum absolute atomic E-state index is 1.04. The van der Waals surface area contributed by atoms with E-state index >= 15 is 0 Å². The Morgan fingerprint density at radius 1 is 0.649 bits per heavy atom. The van der Waals surface area contributed by atoms with Gasteiger partial charge in [-0.05, 0) is 62.8 Å². The van der Waals surface area contributed by atoms with E-state index in [1.165, 1.54) is 10.9 Å². The summed E-state index contributed by atoms with van der Waals surface area (Å²) < 4.78 is 4.62. The van der Waals surface area contributed by atoms with E-state index in [1.807, 2.05) is 37.3 Å². The summed E-state index contributed by atoms with van der Waals surface area (Å²) in [6.07, 6.45) is 20.1. The zero-order valence-electron chi connectivity index (χ0n) is 22.0.